The van der Waals surface area contributed by atoms with Gasteiger partial charge in [-0.3, -0.25) is 0 Å². The molecule has 1 rings (SSSR count). The molecule has 0 bridgehead atoms. The maximum atomic E-state index is 5.78. The average Bonchev–Trinajstić information content (AvgIpc) is 2.07. The summed E-state index contributed by atoms with van der Waals surface area (Å²) >= 11 is 0. The van der Waals surface area contributed by atoms with E-state index in [4.69, 9.17) is 5.73 Å². The first-order valence-electron chi connectivity index (χ1n) is 5.03. The Morgan fingerprint density at radius 1 is 1.36 bits per heavy atom. The van der Waals surface area contributed by atoms with Crippen molar-refractivity contribution in [3.63, 3.8) is 0 Å². The molecule has 0 aliphatic heterocycles. The minimum Gasteiger partial charge on any atom is -0.378 e. The lowest BCUT2D eigenvalue weighted by Crippen LogP contribution is -2.18. The lowest BCUT2D eigenvalue weighted by atomic mass is 10.0. The minimum atomic E-state index is 0.235. The quantitative estimate of drug-likeness (QED) is 0.793. The van der Waals surface area contributed by atoms with Gasteiger partial charge >= 0.3 is 0 Å². The van der Waals surface area contributed by atoms with E-state index < -0.39 is 0 Å². The van der Waals surface area contributed by atoms with Gasteiger partial charge in [-0.25, -0.2) is 0 Å². The Kier molecular flexibility index (Phi) is 3.53. The number of anilines is 1. The lowest BCUT2D eigenvalue weighted by Gasteiger charge is -2.15. The van der Waals surface area contributed by atoms with Crippen LogP contribution in [0.2, 0.25) is 0 Å². The molecule has 2 nitrogen and oxygen atoms in total. The smallest absolute Gasteiger partial charge is 0.0363 e. The molecule has 1 aromatic rings. The standard InChI is InChI=1S/C12H20N2/c1-9-7-12(14(3)4)6-5-11(9)8-10(2)13/h5-7,10H,8,13H2,1-4H3/t10-/m1/s1. The van der Waals surface area contributed by atoms with E-state index >= 15 is 0 Å². The van der Waals surface area contributed by atoms with Crippen LogP contribution in [0, 0.1) is 6.92 Å². The van der Waals surface area contributed by atoms with Crippen LogP contribution in [0.3, 0.4) is 0 Å². The van der Waals surface area contributed by atoms with Gasteiger partial charge in [0.25, 0.3) is 0 Å². The Morgan fingerprint density at radius 3 is 2.43 bits per heavy atom. The van der Waals surface area contributed by atoms with Gasteiger partial charge in [0.15, 0.2) is 0 Å². The first kappa shape index (κ1) is 11.1. The van der Waals surface area contributed by atoms with Gasteiger partial charge in [-0.15, -0.1) is 0 Å². The van der Waals surface area contributed by atoms with Gasteiger partial charge in [-0.2, -0.15) is 0 Å². The largest absolute Gasteiger partial charge is 0.378 e. The van der Waals surface area contributed by atoms with Crippen molar-refractivity contribution < 1.29 is 0 Å². The Balaban J connectivity index is 2.90. The monoisotopic (exact) mass is 192 g/mol. The van der Waals surface area contributed by atoms with Crippen molar-refractivity contribution in [2.45, 2.75) is 26.3 Å². The summed E-state index contributed by atoms with van der Waals surface area (Å²) in [5.74, 6) is 0. The van der Waals surface area contributed by atoms with Crippen LogP contribution in [-0.2, 0) is 6.42 Å². The van der Waals surface area contributed by atoms with Crippen LogP contribution in [0.1, 0.15) is 18.1 Å². The van der Waals surface area contributed by atoms with Crippen LogP contribution in [0.4, 0.5) is 5.69 Å². The highest BCUT2D eigenvalue weighted by Crippen LogP contribution is 2.18. The molecular formula is C12H20N2. The molecule has 2 N–H and O–H groups in total. The summed E-state index contributed by atoms with van der Waals surface area (Å²) in [6.07, 6.45) is 0.958. The highest BCUT2D eigenvalue weighted by Gasteiger charge is 2.03. The molecule has 1 atom stereocenters. The normalized spacial score (nSPS) is 12.6. The third-order valence-electron chi connectivity index (χ3n) is 2.38. The molecule has 78 valence electrons. The fraction of sp³-hybridized carbons (Fsp3) is 0.500. The number of nitrogens with two attached hydrogens (primary N) is 1. The molecule has 14 heavy (non-hydrogen) atoms. The van der Waals surface area contributed by atoms with Crippen molar-refractivity contribution in [1.29, 1.82) is 0 Å². The molecule has 0 radical (unpaired) electrons. The van der Waals surface area contributed by atoms with E-state index in [1.807, 2.05) is 6.92 Å². The summed E-state index contributed by atoms with van der Waals surface area (Å²) in [5.41, 5.74) is 9.71. The number of benzene rings is 1. The zero-order chi connectivity index (χ0) is 10.7. The third-order valence-corrected chi connectivity index (χ3v) is 2.38. The number of rotatable bonds is 3. The van der Waals surface area contributed by atoms with Crippen molar-refractivity contribution >= 4 is 5.69 Å². The maximum absolute atomic E-state index is 5.78. The van der Waals surface area contributed by atoms with Gasteiger partial charge in [0.05, 0.1) is 0 Å². The van der Waals surface area contributed by atoms with Crippen LogP contribution >= 0.6 is 0 Å². The predicted octanol–water partition coefficient (Wildman–Crippen LogP) is 1.95. The second-order valence-electron chi connectivity index (χ2n) is 4.19. The van der Waals surface area contributed by atoms with Gasteiger partial charge in [-0.1, -0.05) is 6.07 Å². The minimum absolute atomic E-state index is 0.235. The van der Waals surface area contributed by atoms with Gasteiger partial charge in [0.1, 0.15) is 0 Å². The summed E-state index contributed by atoms with van der Waals surface area (Å²) < 4.78 is 0. The number of nitrogens with zero attached hydrogens (tertiary/aromatic N) is 1. The topological polar surface area (TPSA) is 29.3 Å². The van der Waals surface area contributed by atoms with E-state index in [9.17, 15) is 0 Å². The SMILES string of the molecule is Cc1cc(N(C)C)ccc1C[C@@H](C)N. The molecule has 0 aromatic heterocycles. The summed E-state index contributed by atoms with van der Waals surface area (Å²) in [6, 6.07) is 6.76. The van der Waals surface area contributed by atoms with Crippen molar-refractivity contribution in [3.8, 4) is 0 Å². The van der Waals surface area contributed by atoms with Gasteiger partial charge < -0.3 is 10.6 Å². The average molecular weight is 192 g/mol. The molecule has 0 saturated heterocycles. The highest BCUT2D eigenvalue weighted by molar-refractivity contribution is 5.49. The van der Waals surface area contributed by atoms with Crippen molar-refractivity contribution in [2.75, 3.05) is 19.0 Å². The van der Waals surface area contributed by atoms with Crippen LogP contribution in [0.5, 0.6) is 0 Å². The predicted molar refractivity (Wildman–Crippen MR) is 62.9 cm³/mol. The zero-order valence-electron chi connectivity index (χ0n) is 9.54. The Labute approximate surface area is 86.7 Å². The van der Waals surface area contributed by atoms with E-state index in [1.54, 1.807) is 0 Å². The van der Waals surface area contributed by atoms with E-state index in [0.717, 1.165) is 6.42 Å². The molecule has 1 aromatic carbocycles. The Hall–Kier alpha value is -1.02. The van der Waals surface area contributed by atoms with E-state index in [-0.39, 0.29) is 6.04 Å². The first-order chi connectivity index (χ1) is 6.50. The summed E-state index contributed by atoms with van der Waals surface area (Å²) in [5, 5.41) is 0. The van der Waals surface area contributed by atoms with Crippen LogP contribution in [0.15, 0.2) is 18.2 Å². The Bertz CT molecular complexity index is 303. The number of hydrogen-bond acceptors (Lipinski definition) is 2. The molecule has 0 saturated carbocycles. The molecule has 0 aliphatic rings. The van der Waals surface area contributed by atoms with Crippen LogP contribution < -0.4 is 10.6 Å². The lowest BCUT2D eigenvalue weighted by molar-refractivity contribution is 0.735. The second-order valence-corrected chi connectivity index (χ2v) is 4.19. The summed E-state index contributed by atoms with van der Waals surface area (Å²) in [4.78, 5) is 2.11. The molecule has 0 amide bonds. The molecule has 0 fully saturated rings. The second kappa shape index (κ2) is 4.47. The van der Waals surface area contributed by atoms with E-state index in [1.165, 1.54) is 16.8 Å². The number of aryl methyl sites for hydroxylation is 1. The van der Waals surface area contributed by atoms with E-state index in [0.29, 0.717) is 0 Å². The van der Waals surface area contributed by atoms with Crippen molar-refractivity contribution in [2.24, 2.45) is 5.73 Å². The molecular weight excluding hydrogens is 172 g/mol. The first-order valence-corrected chi connectivity index (χ1v) is 5.03. The van der Waals surface area contributed by atoms with Crippen molar-refractivity contribution in [1.82, 2.24) is 0 Å². The van der Waals surface area contributed by atoms with Crippen LogP contribution in [0.25, 0.3) is 0 Å². The third kappa shape index (κ3) is 2.74. The van der Waals surface area contributed by atoms with E-state index in [2.05, 4.69) is 44.1 Å². The fourth-order valence-corrected chi connectivity index (χ4v) is 1.53. The molecule has 0 spiro atoms. The molecule has 0 unspecified atom stereocenters. The molecule has 0 aliphatic carbocycles. The molecule has 0 heterocycles. The highest BCUT2D eigenvalue weighted by atomic mass is 15.1. The summed E-state index contributed by atoms with van der Waals surface area (Å²) in [6.45, 7) is 4.18. The zero-order valence-corrected chi connectivity index (χ0v) is 9.54. The number of hydrogen-bond donors (Lipinski definition) is 1. The van der Waals surface area contributed by atoms with Crippen molar-refractivity contribution in [3.05, 3.63) is 29.3 Å². The van der Waals surface area contributed by atoms with Gasteiger partial charge in [0.2, 0.25) is 0 Å². The summed E-state index contributed by atoms with van der Waals surface area (Å²) in [7, 11) is 4.11. The van der Waals surface area contributed by atoms with Gasteiger partial charge in [0, 0.05) is 25.8 Å². The molecule has 2 heteroatoms. The van der Waals surface area contributed by atoms with Gasteiger partial charge in [-0.05, 0) is 43.5 Å². The maximum Gasteiger partial charge on any atom is 0.0363 e. The fourth-order valence-electron chi connectivity index (χ4n) is 1.53. The van der Waals surface area contributed by atoms with Crippen LogP contribution in [-0.4, -0.2) is 20.1 Å². The Morgan fingerprint density at radius 2 is 2.00 bits per heavy atom.